The van der Waals surface area contributed by atoms with Crippen LogP contribution in [0.15, 0.2) is 53.0 Å². The maximum absolute atomic E-state index is 5.95. The minimum atomic E-state index is 0.251. The fourth-order valence-corrected chi connectivity index (χ4v) is 2.12. The first-order chi connectivity index (χ1) is 8.15. The second-order valence-corrected chi connectivity index (χ2v) is 5.28. The summed E-state index contributed by atoms with van der Waals surface area (Å²) in [5.41, 5.74) is 2.28. The van der Waals surface area contributed by atoms with Gasteiger partial charge in [-0.3, -0.25) is 0 Å². The molecule has 0 aliphatic carbocycles. The summed E-state index contributed by atoms with van der Waals surface area (Å²) in [4.78, 5) is 0. The van der Waals surface area contributed by atoms with Gasteiger partial charge in [0.05, 0.1) is 0 Å². The molecule has 1 nitrogen and oxygen atoms in total. The van der Waals surface area contributed by atoms with Crippen LogP contribution in [0, 0.1) is 0 Å². The molecule has 0 aliphatic rings. The molecule has 1 atom stereocenters. The van der Waals surface area contributed by atoms with Gasteiger partial charge < -0.3 is 5.32 Å². The van der Waals surface area contributed by atoms with Crippen LogP contribution in [0.4, 0.5) is 5.69 Å². The zero-order valence-electron chi connectivity index (χ0n) is 9.45. The van der Waals surface area contributed by atoms with E-state index in [1.54, 1.807) is 0 Å². The van der Waals surface area contributed by atoms with Crippen molar-refractivity contribution in [3.05, 3.63) is 63.6 Å². The molecule has 3 heteroatoms. The van der Waals surface area contributed by atoms with E-state index in [1.807, 2.05) is 36.4 Å². The van der Waals surface area contributed by atoms with E-state index in [4.69, 9.17) is 11.6 Å². The number of benzene rings is 2. The van der Waals surface area contributed by atoms with Gasteiger partial charge in [-0.2, -0.15) is 0 Å². The van der Waals surface area contributed by atoms with E-state index in [1.165, 1.54) is 5.56 Å². The number of nitrogens with one attached hydrogen (secondary N) is 1. The Morgan fingerprint density at radius 3 is 2.47 bits per heavy atom. The molecular formula is C14H13BrClN. The second-order valence-electron chi connectivity index (χ2n) is 3.93. The molecule has 0 saturated carbocycles. The Balaban J connectivity index is 2.11. The summed E-state index contributed by atoms with van der Waals surface area (Å²) < 4.78 is 1.09. The Kier molecular flexibility index (Phi) is 4.08. The number of rotatable bonds is 3. The van der Waals surface area contributed by atoms with Crippen LogP contribution in [0.3, 0.4) is 0 Å². The largest absolute Gasteiger partial charge is 0.378 e. The lowest BCUT2D eigenvalue weighted by Crippen LogP contribution is -2.06. The van der Waals surface area contributed by atoms with Crippen LogP contribution in [-0.4, -0.2) is 0 Å². The van der Waals surface area contributed by atoms with E-state index < -0.39 is 0 Å². The molecule has 0 radical (unpaired) electrons. The highest BCUT2D eigenvalue weighted by atomic mass is 79.9. The zero-order chi connectivity index (χ0) is 12.3. The fraction of sp³-hybridized carbons (Fsp3) is 0.143. The number of hydrogen-bond donors (Lipinski definition) is 1. The summed E-state index contributed by atoms with van der Waals surface area (Å²) in [6.07, 6.45) is 0. The average Bonchev–Trinajstić information content (AvgIpc) is 2.29. The third-order valence-corrected chi connectivity index (χ3v) is 3.34. The summed E-state index contributed by atoms with van der Waals surface area (Å²) in [6, 6.07) is 16.3. The van der Waals surface area contributed by atoms with E-state index in [0.29, 0.717) is 0 Å². The SMILES string of the molecule is CC(Nc1cccc(Cl)c1)c1ccc(Br)cc1. The molecule has 0 spiro atoms. The Morgan fingerprint density at radius 2 is 1.82 bits per heavy atom. The van der Waals surface area contributed by atoms with Crippen LogP contribution in [0.1, 0.15) is 18.5 Å². The van der Waals surface area contributed by atoms with Crippen molar-refractivity contribution in [2.45, 2.75) is 13.0 Å². The molecule has 88 valence electrons. The highest BCUT2D eigenvalue weighted by molar-refractivity contribution is 9.10. The Hall–Kier alpha value is -0.990. The molecule has 0 amide bonds. The third kappa shape index (κ3) is 3.48. The Labute approximate surface area is 115 Å². The Bertz CT molecular complexity index is 496. The highest BCUT2D eigenvalue weighted by Crippen LogP contribution is 2.22. The van der Waals surface area contributed by atoms with Crippen molar-refractivity contribution in [3.63, 3.8) is 0 Å². The van der Waals surface area contributed by atoms with E-state index in [9.17, 15) is 0 Å². The van der Waals surface area contributed by atoms with Gasteiger partial charge in [0, 0.05) is 21.2 Å². The van der Waals surface area contributed by atoms with Crippen molar-refractivity contribution < 1.29 is 0 Å². The van der Waals surface area contributed by atoms with Gasteiger partial charge in [-0.25, -0.2) is 0 Å². The van der Waals surface area contributed by atoms with Crippen molar-refractivity contribution in [1.29, 1.82) is 0 Å². The molecule has 2 aromatic carbocycles. The lowest BCUT2D eigenvalue weighted by Gasteiger charge is -2.16. The number of anilines is 1. The number of hydrogen-bond acceptors (Lipinski definition) is 1. The second kappa shape index (κ2) is 5.56. The first-order valence-electron chi connectivity index (χ1n) is 5.43. The van der Waals surface area contributed by atoms with Crippen LogP contribution in [0.2, 0.25) is 5.02 Å². The van der Waals surface area contributed by atoms with Crippen LogP contribution in [-0.2, 0) is 0 Å². The lowest BCUT2D eigenvalue weighted by molar-refractivity contribution is 0.884. The van der Waals surface area contributed by atoms with Gasteiger partial charge in [0.2, 0.25) is 0 Å². The van der Waals surface area contributed by atoms with E-state index in [-0.39, 0.29) is 6.04 Å². The normalized spacial score (nSPS) is 12.2. The fourth-order valence-electron chi connectivity index (χ4n) is 1.66. The van der Waals surface area contributed by atoms with Crippen LogP contribution < -0.4 is 5.32 Å². The van der Waals surface area contributed by atoms with Gasteiger partial charge in [-0.15, -0.1) is 0 Å². The van der Waals surface area contributed by atoms with Gasteiger partial charge in [-0.05, 0) is 42.8 Å². The predicted molar refractivity (Wildman–Crippen MR) is 77.6 cm³/mol. The Morgan fingerprint density at radius 1 is 1.12 bits per heavy atom. The average molecular weight is 311 g/mol. The molecule has 0 bridgehead atoms. The van der Waals surface area contributed by atoms with Gasteiger partial charge in [0.25, 0.3) is 0 Å². The van der Waals surface area contributed by atoms with Crippen molar-refractivity contribution in [3.8, 4) is 0 Å². The van der Waals surface area contributed by atoms with Crippen LogP contribution in [0.5, 0.6) is 0 Å². The maximum atomic E-state index is 5.95. The third-order valence-electron chi connectivity index (χ3n) is 2.58. The molecule has 0 aliphatic heterocycles. The molecule has 0 saturated heterocycles. The maximum Gasteiger partial charge on any atom is 0.0485 e. The monoisotopic (exact) mass is 309 g/mol. The molecule has 17 heavy (non-hydrogen) atoms. The minimum Gasteiger partial charge on any atom is -0.378 e. The molecule has 0 heterocycles. The standard InChI is InChI=1S/C14H13BrClN/c1-10(11-5-7-12(15)8-6-11)17-14-4-2-3-13(16)9-14/h2-10,17H,1H3. The molecule has 1 unspecified atom stereocenters. The van der Waals surface area contributed by atoms with Gasteiger partial charge >= 0.3 is 0 Å². The van der Waals surface area contributed by atoms with Crippen molar-refractivity contribution in [2.24, 2.45) is 0 Å². The zero-order valence-corrected chi connectivity index (χ0v) is 11.8. The van der Waals surface area contributed by atoms with Crippen molar-refractivity contribution in [2.75, 3.05) is 5.32 Å². The quantitative estimate of drug-likeness (QED) is 0.813. The topological polar surface area (TPSA) is 12.0 Å². The smallest absolute Gasteiger partial charge is 0.0485 e. The van der Waals surface area contributed by atoms with Crippen molar-refractivity contribution in [1.82, 2.24) is 0 Å². The summed E-state index contributed by atoms with van der Waals surface area (Å²) in [5.74, 6) is 0. The minimum absolute atomic E-state index is 0.251. The molecular weight excluding hydrogens is 298 g/mol. The van der Waals surface area contributed by atoms with Gasteiger partial charge in [0.15, 0.2) is 0 Å². The molecule has 0 fully saturated rings. The molecule has 2 aromatic rings. The molecule has 1 N–H and O–H groups in total. The predicted octanol–water partition coefficient (Wildman–Crippen LogP) is 5.28. The summed E-state index contributed by atoms with van der Waals surface area (Å²) >= 11 is 9.38. The van der Waals surface area contributed by atoms with E-state index in [0.717, 1.165) is 15.2 Å². The summed E-state index contributed by atoms with van der Waals surface area (Å²) in [7, 11) is 0. The number of halogens is 2. The molecule has 0 aromatic heterocycles. The molecule has 2 rings (SSSR count). The first-order valence-corrected chi connectivity index (χ1v) is 6.60. The highest BCUT2D eigenvalue weighted by Gasteiger charge is 2.04. The van der Waals surface area contributed by atoms with E-state index in [2.05, 4.69) is 40.3 Å². The summed E-state index contributed by atoms with van der Waals surface area (Å²) in [5, 5.41) is 4.17. The van der Waals surface area contributed by atoms with Gasteiger partial charge in [0.1, 0.15) is 0 Å². The van der Waals surface area contributed by atoms with E-state index >= 15 is 0 Å². The lowest BCUT2D eigenvalue weighted by atomic mass is 10.1. The van der Waals surface area contributed by atoms with Crippen LogP contribution >= 0.6 is 27.5 Å². The van der Waals surface area contributed by atoms with Gasteiger partial charge in [-0.1, -0.05) is 45.7 Å². The van der Waals surface area contributed by atoms with Crippen molar-refractivity contribution >= 4 is 33.2 Å². The van der Waals surface area contributed by atoms with Crippen LogP contribution in [0.25, 0.3) is 0 Å². The first kappa shape index (κ1) is 12.5. The summed E-state index contributed by atoms with van der Waals surface area (Å²) in [6.45, 7) is 2.13.